The molecule has 1 atom stereocenters. The fourth-order valence-corrected chi connectivity index (χ4v) is 3.55. The van der Waals surface area contributed by atoms with Crippen LogP contribution in [0.15, 0.2) is 35.1 Å². The van der Waals surface area contributed by atoms with E-state index < -0.39 is 0 Å². The van der Waals surface area contributed by atoms with E-state index in [0.717, 1.165) is 49.9 Å². The minimum absolute atomic E-state index is 0.101. The number of hydrogen-bond donors (Lipinski definition) is 2. The van der Waals surface area contributed by atoms with E-state index in [-0.39, 0.29) is 12.1 Å². The molecule has 2 aromatic rings. The lowest BCUT2D eigenvalue weighted by Gasteiger charge is -2.21. The molecule has 2 N–H and O–H groups in total. The SMILES string of the molecule is O=C(NCc1ccco1)NC1CCN(c2cc(N3CCCC3)cnn2)C1. The van der Waals surface area contributed by atoms with Crippen LogP contribution in [0.2, 0.25) is 0 Å². The Balaban J connectivity index is 1.29. The lowest BCUT2D eigenvalue weighted by molar-refractivity contribution is 0.236. The molecule has 2 aliphatic rings. The Morgan fingerprint density at radius 1 is 1.27 bits per heavy atom. The first kappa shape index (κ1) is 16.7. The number of carbonyl (C=O) groups excluding carboxylic acids is 1. The van der Waals surface area contributed by atoms with Gasteiger partial charge in [-0.2, -0.15) is 5.10 Å². The van der Waals surface area contributed by atoms with Gasteiger partial charge in [-0.25, -0.2) is 4.79 Å². The van der Waals surface area contributed by atoms with Crippen molar-refractivity contribution in [3.05, 3.63) is 36.4 Å². The van der Waals surface area contributed by atoms with Gasteiger partial charge in [-0.1, -0.05) is 0 Å². The van der Waals surface area contributed by atoms with E-state index in [9.17, 15) is 4.79 Å². The number of urea groups is 1. The third kappa shape index (κ3) is 3.89. The molecule has 0 radical (unpaired) electrons. The number of nitrogens with one attached hydrogen (secondary N) is 2. The van der Waals surface area contributed by atoms with E-state index in [0.29, 0.717) is 6.54 Å². The van der Waals surface area contributed by atoms with Crippen molar-refractivity contribution < 1.29 is 9.21 Å². The number of nitrogens with zero attached hydrogens (tertiary/aromatic N) is 4. The molecule has 8 heteroatoms. The van der Waals surface area contributed by atoms with Crippen molar-refractivity contribution in [3.63, 3.8) is 0 Å². The summed E-state index contributed by atoms with van der Waals surface area (Å²) in [5.74, 6) is 1.62. The number of anilines is 2. The van der Waals surface area contributed by atoms with Crippen LogP contribution in [0.5, 0.6) is 0 Å². The summed E-state index contributed by atoms with van der Waals surface area (Å²) in [4.78, 5) is 16.6. The average Bonchev–Trinajstić information content (AvgIpc) is 3.42. The van der Waals surface area contributed by atoms with E-state index >= 15 is 0 Å². The van der Waals surface area contributed by atoms with Crippen molar-refractivity contribution in [2.75, 3.05) is 36.0 Å². The van der Waals surface area contributed by atoms with Gasteiger partial charge in [0.05, 0.1) is 24.7 Å². The summed E-state index contributed by atoms with van der Waals surface area (Å²) < 4.78 is 5.21. The van der Waals surface area contributed by atoms with Gasteiger partial charge in [-0.15, -0.1) is 5.10 Å². The van der Waals surface area contributed by atoms with Crippen molar-refractivity contribution in [1.82, 2.24) is 20.8 Å². The summed E-state index contributed by atoms with van der Waals surface area (Å²) in [6, 6.07) is 5.68. The topological polar surface area (TPSA) is 86.5 Å². The van der Waals surface area contributed by atoms with E-state index in [1.54, 1.807) is 12.3 Å². The summed E-state index contributed by atoms with van der Waals surface area (Å²) >= 11 is 0. The average molecular weight is 356 g/mol. The zero-order chi connectivity index (χ0) is 17.8. The van der Waals surface area contributed by atoms with Gasteiger partial charge >= 0.3 is 6.03 Å². The fraction of sp³-hybridized carbons (Fsp3) is 0.500. The predicted octanol–water partition coefficient (Wildman–Crippen LogP) is 1.75. The third-order valence-corrected chi connectivity index (χ3v) is 4.95. The highest BCUT2D eigenvalue weighted by Crippen LogP contribution is 2.24. The van der Waals surface area contributed by atoms with Gasteiger partial charge in [0.25, 0.3) is 0 Å². The van der Waals surface area contributed by atoms with Crippen LogP contribution in [0.3, 0.4) is 0 Å². The molecular weight excluding hydrogens is 332 g/mol. The Morgan fingerprint density at radius 2 is 2.15 bits per heavy atom. The number of carbonyl (C=O) groups is 1. The standard InChI is InChI=1S/C18H24N6O2/c25-18(19-12-16-4-3-9-26-16)21-14-5-8-24(13-14)17-10-15(11-20-22-17)23-6-1-2-7-23/h3-4,9-11,14H,1-2,5-8,12-13H2,(H2,19,21,25). The van der Waals surface area contributed by atoms with E-state index in [4.69, 9.17) is 4.42 Å². The maximum Gasteiger partial charge on any atom is 0.315 e. The van der Waals surface area contributed by atoms with Crippen LogP contribution in [0.25, 0.3) is 0 Å². The molecule has 1 unspecified atom stereocenters. The highest BCUT2D eigenvalue weighted by atomic mass is 16.3. The molecule has 4 heterocycles. The summed E-state index contributed by atoms with van der Waals surface area (Å²) in [7, 11) is 0. The quantitative estimate of drug-likeness (QED) is 0.849. The van der Waals surface area contributed by atoms with Crippen molar-refractivity contribution in [1.29, 1.82) is 0 Å². The Labute approximate surface area is 152 Å². The first-order chi connectivity index (χ1) is 12.8. The number of aromatic nitrogens is 2. The highest BCUT2D eigenvalue weighted by Gasteiger charge is 2.26. The van der Waals surface area contributed by atoms with Crippen LogP contribution in [0.4, 0.5) is 16.3 Å². The van der Waals surface area contributed by atoms with Gasteiger partial charge in [0.2, 0.25) is 0 Å². The van der Waals surface area contributed by atoms with Gasteiger partial charge < -0.3 is 24.9 Å². The zero-order valence-electron chi connectivity index (χ0n) is 14.7. The largest absolute Gasteiger partial charge is 0.467 e. The Morgan fingerprint density at radius 3 is 2.96 bits per heavy atom. The molecule has 2 aromatic heterocycles. The van der Waals surface area contributed by atoms with Gasteiger partial charge in [-0.3, -0.25) is 0 Å². The maximum absolute atomic E-state index is 12.0. The van der Waals surface area contributed by atoms with Crippen LogP contribution < -0.4 is 20.4 Å². The number of rotatable bonds is 5. The molecule has 2 amide bonds. The van der Waals surface area contributed by atoms with Crippen LogP contribution in [0, 0.1) is 0 Å². The smallest absolute Gasteiger partial charge is 0.315 e. The van der Waals surface area contributed by atoms with Crippen molar-refractivity contribution in [3.8, 4) is 0 Å². The minimum Gasteiger partial charge on any atom is -0.467 e. The summed E-state index contributed by atoms with van der Waals surface area (Å²) in [5.41, 5.74) is 1.14. The lowest BCUT2D eigenvalue weighted by atomic mass is 10.3. The molecule has 26 heavy (non-hydrogen) atoms. The molecular formula is C18H24N6O2. The van der Waals surface area contributed by atoms with Gasteiger partial charge in [0.1, 0.15) is 5.76 Å². The molecule has 2 aliphatic heterocycles. The zero-order valence-corrected chi connectivity index (χ0v) is 14.7. The first-order valence-corrected chi connectivity index (χ1v) is 9.17. The third-order valence-electron chi connectivity index (χ3n) is 4.95. The Kier molecular flexibility index (Phi) is 4.90. The molecule has 8 nitrogen and oxygen atoms in total. The first-order valence-electron chi connectivity index (χ1n) is 9.17. The number of amides is 2. The molecule has 4 rings (SSSR count). The summed E-state index contributed by atoms with van der Waals surface area (Å²) in [6.45, 7) is 4.17. The Hall–Kier alpha value is -2.77. The molecule has 0 aromatic carbocycles. The number of hydrogen-bond acceptors (Lipinski definition) is 6. The monoisotopic (exact) mass is 356 g/mol. The molecule has 2 saturated heterocycles. The lowest BCUT2D eigenvalue weighted by Crippen LogP contribution is -2.43. The fourth-order valence-electron chi connectivity index (χ4n) is 3.55. The van der Waals surface area contributed by atoms with Gasteiger partial charge in [-0.05, 0) is 31.4 Å². The van der Waals surface area contributed by atoms with Gasteiger partial charge in [0, 0.05) is 38.3 Å². The van der Waals surface area contributed by atoms with Crippen molar-refractivity contribution in [2.45, 2.75) is 31.8 Å². The normalized spacial score (nSPS) is 19.8. The van der Waals surface area contributed by atoms with Crippen LogP contribution in [0.1, 0.15) is 25.0 Å². The van der Waals surface area contributed by atoms with E-state index in [2.05, 4.69) is 36.7 Å². The maximum atomic E-state index is 12.0. The van der Waals surface area contributed by atoms with Gasteiger partial charge in [0.15, 0.2) is 5.82 Å². The predicted molar refractivity (Wildman–Crippen MR) is 98.2 cm³/mol. The second-order valence-electron chi connectivity index (χ2n) is 6.80. The van der Waals surface area contributed by atoms with E-state index in [1.807, 2.05) is 12.3 Å². The van der Waals surface area contributed by atoms with Crippen molar-refractivity contribution >= 4 is 17.5 Å². The highest BCUT2D eigenvalue weighted by molar-refractivity contribution is 5.74. The van der Waals surface area contributed by atoms with Crippen LogP contribution >= 0.6 is 0 Å². The molecule has 2 fully saturated rings. The van der Waals surface area contributed by atoms with Crippen LogP contribution in [-0.4, -0.2) is 48.4 Å². The summed E-state index contributed by atoms with van der Waals surface area (Å²) in [5, 5.41) is 14.3. The molecule has 0 aliphatic carbocycles. The second kappa shape index (κ2) is 7.63. The minimum atomic E-state index is -0.176. The molecule has 0 saturated carbocycles. The summed E-state index contributed by atoms with van der Waals surface area (Å²) in [6.07, 6.45) is 6.80. The second-order valence-corrected chi connectivity index (χ2v) is 6.80. The Bertz CT molecular complexity index is 729. The molecule has 0 spiro atoms. The molecule has 138 valence electrons. The molecule has 0 bridgehead atoms. The van der Waals surface area contributed by atoms with Crippen molar-refractivity contribution in [2.24, 2.45) is 0 Å². The number of furan rings is 1. The van der Waals surface area contributed by atoms with E-state index in [1.165, 1.54) is 12.8 Å². The van der Waals surface area contributed by atoms with Crippen LogP contribution in [-0.2, 0) is 6.54 Å².